The van der Waals surface area contributed by atoms with Gasteiger partial charge in [-0.1, -0.05) is 0 Å². The quantitative estimate of drug-likeness (QED) is 0.799. The molecule has 1 fully saturated rings. The van der Waals surface area contributed by atoms with Crippen LogP contribution in [0.5, 0.6) is 0 Å². The van der Waals surface area contributed by atoms with E-state index in [9.17, 15) is 9.59 Å². The number of rotatable bonds is 6. The van der Waals surface area contributed by atoms with E-state index >= 15 is 0 Å². The summed E-state index contributed by atoms with van der Waals surface area (Å²) >= 11 is 0. The molecule has 3 rings (SSSR count). The van der Waals surface area contributed by atoms with Crippen LogP contribution in [0.15, 0.2) is 49.1 Å². The Morgan fingerprint density at radius 1 is 0.840 bits per heavy atom. The van der Waals surface area contributed by atoms with Gasteiger partial charge in [-0.2, -0.15) is 0 Å². The van der Waals surface area contributed by atoms with E-state index < -0.39 is 18.0 Å². The number of nitrogens with zero attached hydrogens (tertiary/aromatic N) is 2. The molecule has 3 heterocycles. The fraction of sp³-hybridized carbons (Fsp3) is 0.368. The van der Waals surface area contributed by atoms with Gasteiger partial charge in [0.2, 0.25) is 0 Å². The maximum absolute atomic E-state index is 12.7. The Kier molecular flexibility index (Phi) is 5.01. The minimum atomic E-state index is -0.975. The van der Waals surface area contributed by atoms with E-state index in [1.807, 2.05) is 0 Å². The zero-order valence-electron chi connectivity index (χ0n) is 14.2. The van der Waals surface area contributed by atoms with Crippen molar-refractivity contribution in [3.8, 4) is 0 Å². The van der Waals surface area contributed by atoms with Crippen LogP contribution >= 0.6 is 0 Å². The number of carbonyl (C=O) groups is 2. The third-order valence-electron chi connectivity index (χ3n) is 3.99. The molecule has 1 aliphatic rings. The second-order valence-corrected chi connectivity index (χ2v) is 6.47. The molecule has 6 heteroatoms. The van der Waals surface area contributed by atoms with Crippen molar-refractivity contribution >= 4 is 11.6 Å². The predicted molar refractivity (Wildman–Crippen MR) is 89.7 cm³/mol. The maximum Gasteiger partial charge on any atom is 0.169 e. The molecule has 0 saturated carbocycles. The first-order chi connectivity index (χ1) is 11.9. The summed E-state index contributed by atoms with van der Waals surface area (Å²) in [7, 11) is 0. The summed E-state index contributed by atoms with van der Waals surface area (Å²) in [5, 5.41) is 0. The first-order valence-electron chi connectivity index (χ1n) is 8.13. The molecule has 130 valence electrons. The number of ketones is 2. The van der Waals surface area contributed by atoms with Gasteiger partial charge in [-0.3, -0.25) is 19.6 Å². The first-order valence-corrected chi connectivity index (χ1v) is 8.13. The van der Waals surface area contributed by atoms with Gasteiger partial charge in [0.05, 0.1) is 0 Å². The van der Waals surface area contributed by atoms with E-state index in [2.05, 4.69) is 9.97 Å². The third kappa shape index (κ3) is 4.35. The lowest BCUT2D eigenvalue weighted by Crippen LogP contribution is -2.39. The molecule has 2 aromatic heterocycles. The largest absolute Gasteiger partial charge is 0.336 e. The van der Waals surface area contributed by atoms with Gasteiger partial charge in [-0.15, -0.1) is 0 Å². The van der Waals surface area contributed by atoms with Gasteiger partial charge in [0.25, 0.3) is 0 Å². The Morgan fingerprint density at radius 3 is 1.56 bits per heavy atom. The SMILES string of the molecule is CC1(C)O[C@@H](C(=O)Cc2ccncc2)[C@H](C(=O)Cc2ccncc2)O1. The fourth-order valence-corrected chi connectivity index (χ4v) is 2.84. The van der Waals surface area contributed by atoms with Crippen molar-refractivity contribution in [2.45, 2.75) is 44.7 Å². The Bertz CT molecular complexity index is 683. The number of aromatic nitrogens is 2. The lowest BCUT2D eigenvalue weighted by Gasteiger charge is -2.16. The van der Waals surface area contributed by atoms with Crippen LogP contribution < -0.4 is 0 Å². The van der Waals surface area contributed by atoms with Gasteiger partial charge in [0, 0.05) is 37.6 Å². The summed E-state index contributed by atoms with van der Waals surface area (Å²) in [6, 6.07) is 7.08. The highest BCUT2D eigenvalue weighted by Crippen LogP contribution is 2.30. The van der Waals surface area contributed by atoms with Crippen molar-refractivity contribution in [1.29, 1.82) is 0 Å². The Morgan fingerprint density at radius 2 is 1.20 bits per heavy atom. The van der Waals surface area contributed by atoms with Crippen LogP contribution in [0.2, 0.25) is 0 Å². The van der Waals surface area contributed by atoms with Gasteiger partial charge in [-0.25, -0.2) is 0 Å². The van der Waals surface area contributed by atoms with E-state index in [1.54, 1.807) is 62.9 Å². The van der Waals surface area contributed by atoms with Crippen LogP contribution in [-0.2, 0) is 31.9 Å². The molecule has 0 N–H and O–H groups in total. The first kappa shape index (κ1) is 17.4. The van der Waals surface area contributed by atoms with Crippen molar-refractivity contribution in [3.63, 3.8) is 0 Å². The van der Waals surface area contributed by atoms with E-state index in [0.29, 0.717) is 0 Å². The minimum absolute atomic E-state index is 0.172. The second kappa shape index (κ2) is 7.21. The van der Waals surface area contributed by atoms with Crippen molar-refractivity contribution in [2.75, 3.05) is 0 Å². The van der Waals surface area contributed by atoms with Gasteiger partial charge < -0.3 is 9.47 Å². The van der Waals surface area contributed by atoms with E-state index in [1.165, 1.54) is 0 Å². The van der Waals surface area contributed by atoms with Gasteiger partial charge in [0.15, 0.2) is 29.6 Å². The van der Waals surface area contributed by atoms with Crippen LogP contribution in [0.4, 0.5) is 0 Å². The molecule has 25 heavy (non-hydrogen) atoms. The van der Waals surface area contributed by atoms with Gasteiger partial charge >= 0.3 is 0 Å². The summed E-state index contributed by atoms with van der Waals surface area (Å²) in [4.78, 5) is 33.2. The summed E-state index contributed by atoms with van der Waals surface area (Å²) in [6.45, 7) is 3.42. The molecule has 0 bridgehead atoms. The van der Waals surface area contributed by atoms with Crippen LogP contribution in [0.25, 0.3) is 0 Å². The highest BCUT2D eigenvalue weighted by molar-refractivity contribution is 5.95. The van der Waals surface area contributed by atoms with Crippen molar-refractivity contribution in [2.24, 2.45) is 0 Å². The monoisotopic (exact) mass is 340 g/mol. The molecule has 2 atom stereocenters. The lowest BCUT2D eigenvalue weighted by atomic mass is 9.97. The van der Waals surface area contributed by atoms with Gasteiger partial charge in [0.1, 0.15) is 0 Å². The summed E-state index contributed by atoms with van der Waals surface area (Å²) in [6.07, 6.45) is 5.05. The Hall–Kier alpha value is -2.44. The molecular weight excluding hydrogens is 320 g/mol. The standard InChI is InChI=1S/C19H20N2O4/c1-19(2)24-17(15(22)11-13-3-7-20-8-4-13)18(25-19)16(23)12-14-5-9-21-10-6-14/h3-10,17-18H,11-12H2,1-2H3/t17-,18-/m0/s1. The third-order valence-corrected chi connectivity index (χ3v) is 3.99. The molecule has 2 aromatic rings. The highest BCUT2D eigenvalue weighted by Gasteiger charge is 2.47. The zero-order chi connectivity index (χ0) is 17.9. The molecular formula is C19H20N2O4. The fourth-order valence-electron chi connectivity index (χ4n) is 2.84. The topological polar surface area (TPSA) is 78.4 Å². The molecule has 0 amide bonds. The van der Waals surface area contributed by atoms with Crippen molar-refractivity contribution in [3.05, 3.63) is 60.2 Å². The summed E-state index contributed by atoms with van der Waals surface area (Å²) < 4.78 is 11.5. The van der Waals surface area contributed by atoms with Crippen molar-refractivity contribution in [1.82, 2.24) is 9.97 Å². The number of pyridine rings is 2. The maximum atomic E-state index is 12.7. The van der Waals surface area contributed by atoms with E-state index in [0.717, 1.165) is 11.1 Å². The van der Waals surface area contributed by atoms with E-state index in [-0.39, 0.29) is 24.4 Å². The smallest absolute Gasteiger partial charge is 0.169 e. The summed E-state index contributed by atoms with van der Waals surface area (Å²) in [5.74, 6) is -1.33. The number of carbonyl (C=O) groups excluding carboxylic acids is 2. The van der Waals surface area contributed by atoms with Crippen LogP contribution in [0.3, 0.4) is 0 Å². The second-order valence-electron chi connectivity index (χ2n) is 6.47. The Balaban J connectivity index is 1.74. The number of hydrogen-bond acceptors (Lipinski definition) is 6. The minimum Gasteiger partial charge on any atom is -0.336 e. The Labute approximate surface area is 146 Å². The molecule has 6 nitrogen and oxygen atoms in total. The molecule has 0 radical (unpaired) electrons. The zero-order valence-corrected chi connectivity index (χ0v) is 14.2. The van der Waals surface area contributed by atoms with Crippen LogP contribution in [-0.4, -0.2) is 39.5 Å². The summed E-state index contributed by atoms with van der Waals surface area (Å²) in [5.41, 5.74) is 1.65. The predicted octanol–water partition coefficient (Wildman–Crippen LogP) is 1.92. The van der Waals surface area contributed by atoms with Crippen molar-refractivity contribution < 1.29 is 19.1 Å². The average molecular weight is 340 g/mol. The molecule has 1 saturated heterocycles. The van der Waals surface area contributed by atoms with Gasteiger partial charge in [-0.05, 0) is 49.2 Å². The van der Waals surface area contributed by atoms with Crippen LogP contribution in [0, 0.1) is 0 Å². The van der Waals surface area contributed by atoms with E-state index in [4.69, 9.17) is 9.47 Å². The lowest BCUT2D eigenvalue weighted by molar-refractivity contribution is -0.158. The molecule has 1 aliphatic heterocycles. The molecule has 0 unspecified atom stereocenters. The molecule has 0 aliphatic carbocycles. The average Bonchev–Trinajstić information content (AvgIpc) is 2.93. The molecule has 0 spiro atoms. The van der Waals surface area contributed by atoms with Crippen LogP contribution in [0.1, 0.15) is 25.0 Å². The normalized spacial score (nSPS) is 21.8. The number of ether oxygens (including phenoxy) is 2. The number of hydrogen-bond donors (Lipinski definition) is 0. The molecule has 0 aromatic carbocycles. The number of Topliss-reactive ketones (excluding diaryl/α,β-unsaturated/α-hetero) is 2. The highest BCUT2D eigenvalue weighted by atomic mass is 16.8.